The fourth-order valence-corrected chi connectivity index (χ4v) is 1.27. The smallest absolute Gasteiger partial charge is 0.411 e. The predicted molar refractivity (Wildman–Crippen MR) is 66.2 cm³/mol. The molecule has 0 aromatic heterocycles. The summed E-state index contributed by atoms with van der Waals surface area (Å²) in [6.45, 7) is -1.80. The van der Waals surface area contributed by atoms with Gasteiger partial charge >= 0.3 is 6.18 Å². The number of hydrogen-bond acceptors (Lipinski definition) is 4. The molecule has 0 saturated carbocycles. The van der Waals surface area contributed by atoms with E-state index in [1.165, 1.54) is 0 Å². The van der Waals surface area contributed by atoms with Gasteiger partial charge in [-0.25, -0.2) is 0 Å². The van der Waals surface area contributed by atoms with Crippen LogP contribution < -0.4 is 15.8 Å². The van der Waals surface area contributed by atoms with Crippen molar-refractivity contribution in [1.29, 1.82) is 0 Å². The third-order valence-corrected chi connectivity index (χ3v) is 2.10. The van der Waals surface area contributed by atoms with Crippen LogP contribution in [0.1, 0.15) is 0 Å². The number of nitrogens with two attached hydrogens (primary N) is 1. The van der Waals surface area contributed by atoms with Crippen LogP contribution in [0.15, 0.2) is 24.3 Å². The van der Waals surface area contributed by atoms with Crippen molar-refractivity contribution >= 4 is 11.6 Å². The summed E-state index contributed by atoms with van der Waals surface area (Å²) >= 11 is 0. The van der Waals surface area contributed by atoms with E-state index in [0.29, 0.717) is 11.4 Å². The highest BCUT2D eigenvalue weighted by Crippen LogP contribution is 2.19. The number of ether oxygens (including phenoxy) is 2. The maximum atomic E-state index is 11.7. The number of carbonyl (C=O) groups is 1. The summed E-state index contributed by atoms with van der Waals surface area (Å²) in [5.74, 6) is -0.158. The van der Waals surface area contributed by atoms with Crippen LogP contribution in [0.5, 0.6) is 5.75 Å². The maximum absolute atomic E-state index is 11.7. The molecule has 0 unspecified atom stereocenters. The van der Waals surface area contributed by atoms with Crippen molar-refractivity contribution in [3.63, 3.8) is 0 Å². The molecule has 0 fully saturated rings. The van der Waals surface area contributed by atoms with E-state index in [-0.39, 0.29) is 13.2 Å². The molecule has 0 bridgehead atoms. The summed E-state index contributed by atoms with van der Waals surface area (Å²) in [5, 5.41) is 2.36. The molecule has 0 heterocycles. The molecule has 1 rings (SSSR count). The lowest BCUT2D eigenvalue weighted by atomic mass is 10.3. The predicted octanol–water partition coefficient (Wildman–Crippen LogP) is 1.34. The SMILES string of the molecule is Nc1ccccc1OCCNC(=O)COCC(F)(F)F. The molecule has 0 aliphatic heterocycles. The number of para-hydroxylation sites is 2. The highest BCUT2D eigenvalue weighted by atomic mass is 19.4. The lowest BCUT2D eigenvalue weighted by Crippen LogP contribution is -2.32. The summed E-state index contributed by atoms with van der Waals surface area (Å²) in [6.07, 6.45) is -4.44. The first-order valence-electron chi connectivity index (χ1n) is 5.77. The van der Waals surface area contributed by atoms with Crippen LogP contribution in [0, 0.1) is 0 Å². The van der Waals surface area contributed by atoms with E-state index in [0.717, 1.165) is 0 Å². The largest absolute Gasteiger partial charge is 0.490 e. The zero-order valence-corrected chi connectivity index (χ0v) is 10.6. The molecule has 0 aliphatic rings. The van der Waals surface area contributed by atoms with Gasteiger partial charge in [-0.15, -0.1) is 0 Å². The number of hydrogen-bond donors (Lipinski definition) is 2. The monoisotopic (exact) mass is 292 g/mol. The quantitative estimate of drug-likeness (QED) is 0.587. The highest BCUT2D eigenvalue weighted by molar-refractivity contribution is 5.77. The first kappa shape index (κ1) is 16.1. The zero-order chi connectivity index (χ0) is 15.0. The van der Waals surface area contributed by atoms with Gasteiger partial charge in [0.25, 0.3) is 0 Å². The molecule has 1 amide bonds. The normalized spacial score (nSPS) is 11.2. The van der Waals surface area contributed by atoms with Crippen LogP contribution in [0.25, 0.3) is 0 Å². The van der Waals surface area contributed by atoms with Crippen LogP contribution >= 0.6 is 0 Å². The van der Waals surface area contributed by atoms with Crippen LogP contribution in [0.3, 0.4) is 0 Å². The molecule has 1 aromatic rings. The van der Waals surface area contributed by atoms with Crippen LogP contribution in [0.4, 0.5) is 18.9 Å². The maximum Gasteiger partial charge on any atom is 0.411 e. The Kier molecular flexibility index (Phi) is 6.10. The third kappa shape index (κ3) is 6.83. The second kappa shape index (κ2) is 7.59. The molecule has 0 radical (unpaired) electrons. The number of anilines is 1. The van der Waals surface area contributed by atoms with Crippen molar-refractivity contribution < 1.29 is 27.4 Å². The van der Waals surface area contributed by atoms with E-state index < -0.39 is 25.3 Å². The second-order valence-electron chi connectivity index (χ2n) is 3.84. The molecule has 0 atom stereocenters. The standard InChI is InChI=1S/C12H15F3N2O3/c13-12(14,15)8-19-7-11(18)17-5-6-20-10-4-2-1-3-9(10)16/h1-4H,5-8,16H2,(H,17,18). The molecular weight excluding hydrogens is 277 g/mol. The van der Waals surface area contributed by atoms with Crippen LogP contribution in [-0.4, -0.2) is 38.4 Å². The molecule has 8 heteroatoms. The average molecular weight is 292 g/mol. The topological polar surface area (TPSA) is 73.6 Å². The Morgan fingerprint density at radius 1 is 1.30 bits per heavy atom. The number of halogens is 3. The number of rotatable bonds is 7. The van der Waals surface area contributed by atoms with Gasteiger partial charge in [0.05, 0.1) is 12.2 Å². The zero-order valence-electron chi connectivity index (χ0n) is 10.6. The van der Waals surface area contributed by atoms with Crippen molar-refractivity contribution in [1.82, 2.24) is 5.32 Å². The molecular formula is C12H15F3N2O3. The van der Waals surface area contributed by atoms with Gasteiger partial charge in [-0.1, -0.05) is 12.1 Å². The van der Waals surface area contributed by atoms with E-state index >= 15 is 0 Å². The number of carbonyl (C=O) groups excluding carboxylic acids is 1. The first-order chi connectivity index (χ1) is 9.38. The van der Waals surface area contributed by atoms with Gasteiger partial charge in [0.15, 0.2) is 0 Å². The number of alkyl halides is 3. The second-order valence-corrected chi connectivity index (χ2v) is 3.84. The lowest BCUT2D eigenvalue weighted by molar-refractivity contribution is -0.175. The van der Waals surface area contributed by atoms with E-state index in [4.69, 9.17) is 10.5 Å². The van der Waals surface area contributed by atoms with Crippen molar-refractivity contribution in [3.05, 3.63) is 24.3 Å². The van der Waals surface area contributed by atoms with Gasteiger partial charge < -0.3 is 20.5 Å². The summed E-state index contributed by atoms with van der Waals surface area (Å²) in [6, 6.07) is 6.83. The van der Waals surface area contributed by atoms with Gasteiger partial charge in [0.2, 0.25) is 5.91 Å². The minimum Gasteiger partial charge on any atom is -0.490 e. The Labute approximate surface area is 113 Å². The molecule has 0 saturated heterocycles. The Balaban J connectivity index is 2.12. The lowest BCUT2D eigenvalue weighted by Gasteiger charge is -2.10. The number of amides is 1. The van der Waals surface area contributed by atoms with Gasteiger partial charge in [-0.2, -0.15) is 13.2 Å². The van der Waals surface area contributed by atoms with Crippen molar-refractivity contribution in [2.45, 2.75) is 6.18 Å². The van der Waals surface area contributed by atoms with Gasteiger partial charge in [-0.05, 0) is 12.1 Å². The molecule has 5 nitrogen and oxygen atoms in total. The fraction of sp³-hybridized carbons (Fsp3) is 0.417. The minimum atomic E-state index is -4.44. The Bertz CT molecular complexity index is 438. The molecule has 0 spiro atoms. The average Bonchev–Trinajstić information content (AvgIpc) is 2.35. The van der Waals surface area contributed by atoms with E-state index in [2.05, 4.69) is 10.1 Å². The minimum absolute atomic E-state index is 0.141. The van der Waals surface area contributed by atoms with Crippen LogP contribution in [0.2, 0.25) is 0 Å². The molecule has 0 aliphatic carbocycles. The summed E-state index contributed by atoms with van der Waals surface area (Å²) in [7, 11) is 0. The summed E-state index contributed by atoms with van der Waals surface area (Å²) in [5.41, 5.74) is 6.10. The summed E-state index contributed by atoms with van der Waals surface area (Å²) < 4.78 is 44.7. The van der Waals surface area contributed by atoms with E-state index in [9.17, 15) is 18.0 Å². The Hall–Kier alpha value is -1.96. The third-order valence-electron chi connectivity index (χ3n) is 2.10. The van der Waals surface area contributed by atoms with E-state index in [1.807, 2.05) is 0 Å². The Morgan fingerprint density at radius 2 is 2.00 bits per heavy atom. The van der Waals surface area contributed by atoms with E-state index in [1.54, 1.807) is 24.3 Å². The number of nitrogens with one attached hydrogen (secondary N) is 1. The highest BCUT2D eigenvalue weighted by Gasteiger charge is 2.27. The van der Waals surface area contributed by atoms with Gasteiger partial charge in [-0.3, -0.25) is 4.79 Å². The summed E-state index contributed by atoms with van der Waals surface area (Å²) in [4.78, 5) is 11.1. The number of benzene rings is 1. The molecule has 112 valence electrons. The van der Waals surface area contributed by atoms with Crippen molar-refractivity contribution in [2.24, 2.45) is 0 Å². The van der Waals surface area contributed by atoms with Gasteiger partial charge in [0, 0.05) is 0 Å². The van der Waals surface area contributed by atoms with Crippen molar-refractivity contribution in [2.75, 3.05) is 32.1 Å². The first-order valence-corrected chi connectivity index (χ1v) is 5.77. The molecule has 20 heavy (non-hydrogen) atoms. The Morgan fingerprint density at radius 3 is 2.65 bits per heavy atom. The number of nitrogen functional groups attached to an aromatic ring is 1. The molecule has 1 aromatic carbocycles. The molecule has 3 N–H and O–H groups in total. The fourth-order valence-electron chi connectivity index (χ4n) is 1.27. The van der Waals surface area contributed by atoms with Crippen molar-refractivity contribution in [3.8, 4) is 5.75 Å². The van der Waals surface area contributed by atoms with Crippen LogP contribution in [-0.2, 0) is 9.53 Å². The van der Waals surface area contributed by atoms with Gasteiger partial charge in [0.1, 0.15) is 25.6 Å².